The van der Waals surface area contributed by atoms with E-state index in [4.69, 9.17) is 9.15 Å². The number of imide groups is 1. The van der Waals surface area contributed by atoms with E-state index in [0.717, 1.165) is 11.1 Å². The maximum absolute atomic E-state index is 14.3. The number of Topliss-reactive ketones (excluding diaryl/α,β-unsaturated/α-hetero) is 1. The Morgan fingerprint density at radius 1 is 0.957 bits per heavy atom. The van der Waals surface area contributed by atoms with Crippen LogP contribution in [-0.2, 0) is 19.2 Å². The van der Waals surface area contributed by atoms with Gasteiger partial charge in [-0.15, -0.1) is 0 Å². The lowest BCUT2D eigenvalue weighted by Crippen LogP contribution is -2.40. The van der Waals surface area contributed by atoms with Crippen molar-refractivity contribution in [1.82, 2.24) is 4.98 Å². The Balaban J connectivity index is 1.17. The van der Waals surface area contributed by atoms with Crippen molar-refractivity contribution >= 4 is 40.2 Å². The summed E-state index contributed by atoms with van der Waals surface area (Å²) in [5, 5.41) is 10.2. The molecule has 9 heteroatoms. The van der Waals surface area contributed by atoms with Gasteiger partial charge in [0, 0.05) is 39.8 Å². The number of nitrogens with zero attached hydrogens (tertiary/aromatic N) is 2. The van der Waals surface area contributed by atoms with Gasteiger partial charge in [-0.1, -0.05) is 29.8 Å². The van der Waals surface area contributed by atoms with Crippen molar-refractivity contribution in [3.8, 4) is 23.0 Å². The van der Waals surface area contributed by atoms with Gasteiger partial charge < -0.3 is 14.3 Å². The van der Waals surface area contributed by atoms with E-state index < -0.39 is 23.7 Å². The lowest BCUT2D eigenvalue weighted by molar-refractivity contribution is -0.123. The maximum Gasteiger partial charge on any atom is 0.238 e. The number of carbonyl (C=O) groups is 4. The number of ketones is 2. The number of rotatable bonds is 4. The number of allylic oxidation sites excluding steroid dienone is 6. The Hall–Kier alpha value is -5.57. The second kappa shape index (κ2) is 10.2. The molecule has 228 valence electrons. The van der Waals surface area contributed by atoms with E-state index in [2.05, 4.69) is 4.98 Å². The van der Waals surface area contributed by atoms with Gasteiger partial charge in [-0.2, -0.15) is 0 Å². The Bertz CT molecular complexity index is 2080. The molecule has 4 atom stereocenters. The number of aromatic hydroxyl groups is 1. The molecule has 9 nitrogen and oxygen atoms in total. The van der Waals surface area contributed by atoms with Crippen LogP contribution in [0.4, 0.5) is 5.69 Å². The lowest BCUT2D eigenvalue weighted by atomic mass is 9.59. The van der Waals surface area contributed by atoms with Crippen LogP contribution in [0.3, 0.4) is 0 Å². The number of anilines is 1. The summed E-state index contributed by atoms with van der Waals surface area (Å²) in [7, 11) is 1.48. The van der Waals surface area contributed by atoms with E-state index in [1.54, 1.807) is 37.3 Å². The molecular formula is C37H28N2O7. The third-order valence-electron chi connectivity index (χ3n) is 9.76. The molecule has 1 saturated heterocycles. The number of hydrogen-bond donors (Lipinski definition) is 1. The van der Waals surface area contributed by atoms with Crippen LogP contribution in [0, 0.1) is 17.8 Å². The summed E-state index contributed by atoms with van der Waals surface area (Å²) >= 11 is 0. The van der Waals surface area contributed by atoms with Crippen LogP contribution in [0.1, 0.15) is 31.2 Å². The van der Waals surface area contributed by atoms with Gasteiger partial charge in [0.15, 0.2) is 17.1 Å². The largest absolute Gasteiger partial charge is 0.508 e. The molecule has 0 bridgehead atoms. The molecular weight excluding hydrogens is 584 g/mol. The van der Waals surface area contributed by atoms with E-state index in [1.165, 1.54) is 30.2 Å². The van der Waals surface area contributed by atoms with E-state index in [0.29, 0.717) is 57.2 Å². The molecule has 0 spiro atoms. The Morgan fingerprint density at radius 2 is 1.74 bits per heavy atom. The Kier molecular flexibility index (Phi) is 6.22. The van der Waals surface area contributed by atoms with Crippen molar-refractivity contribution in [2.45, 2.75) is 25.7 Å². The number of aromatic nitrogens is 1. The highest BCUT2D eigenvalue weighted by molar-refractivity contribution is 6.25. The van der Waals surface area contributed by atoms with Crippen molar-refractivity contribution in [3.05, 3.63) is 107 Å². The van der Waals surface area contributed by atoms with E-state index >= 15 is 0 Å². The lowest BCUT2D eigenvalue weighted by Gasteiger charge is -2.42. The average molecular weight is 613 g/mol. The first kappa shape index (κ1) is 27.9. The minimum Gasteiger partial charge on any atom is -0.508 e. The molecule has 4 aromatic rings. The molecule has 3 aliphatic carbocycles. The molecule has 2 amide bonds. The van der Waals surface area contributed by atoms with Gasteiger partial charge in [-0.25, -0.2) is 4.98 Å². The van der Waals surface area contributed by atoms with Crippen molar-refractivity contribution < 1.29 is 33.4 Å². The predicted octanol–water partition coefficient (Wildman–Crippen LogP) is 5.84. The van der Waals surface area contributed by atoms with Crippen LogP contribution < -0.4 is 9.64 Å². The number of phenolic OH excluding ortho intramolecular Hbond substituents is 1. The van der Waals surface area contributed by atoms with Gasteiger partial charge >= 0.3 is 0 Å². The van der Waals surface area contributed by atoms with E-state index in [1.807, 2.05) is 30.3 Å². The fourth-order valence-electron chi connectivity index (χ4n) is 7.66. The SMILES string of the molecule is COc1cc(O)ccc1C1C2=CCC3C(=O)N(c4ccc(-c5nc6ccccc6o5)cc4)C(=O)C3C2CC2=C1C(=O)C(C)=CC2=O. The summed E-state index contributed by atoms with van der Waals surface area (Å²) in [6.07, 6.45) is 3.81. The molecule has 2 heterocycles. The first-order valence-electron chi connectivity index (χ1n) is 15.2. The number of amides is 2. The number of ether oxygens (including phenoxy) is 1. The normalized spacial score (nSPS) is 24.1. The molecule has 1 N–H and O–H groups in total. The molecule has 3 aromatic carbocycles. The smallest absolute Gasteiger partial charge is 0.238 e. The van der Waals surface area contributed by atoms with Crippen LogP contribution in [0.15, 0.2) is 106 Å². The summed E-state index contributed by atoms with van der Waals surface area (Å²) in [4.78, 5) is 61.0. The average Bonchev–Trinajstić information content (AvgIpc) is 3.61. The minimum atomic E-state index is -0.709. The van der Waals surface area contributed by atoms with E-state index in [9.17, 15) is 24.3 Å². The second-order valence-corrected chi connectivity index (χ2v) is 12.2. The van der Waals surface area contributed by atoms with Crippen molar-refractivity contribution in [2.24, 2.45) is 17.8 Å². The van der Waals surface area contributed by atoms with Gasteiger partial charge in [-0.3, -0.25) is 24.1 Å². The summed E-state index contributed by atoms with van der Waals surface area (Å²) < 4.78 is 11.5. The highest BCUT2D eigenvalue weighted by Gasteiger charge is 2.56. The molecule has 4 unspecified atom stereocenters. The number of methoxy groups -OCH3 is 1. The van der Waals surface area contributed by atoms with Gasteiger partial charge in [0.05, 0.1) is 24.6 Å². The topological polar surface area (TPSA) is 127 Å². The molecule has 8 rings (SSSR count). The van der Waals surface area contributed by atoms with Crippen molar-refractivity contribution in [3.63, 3.8) is 0 Å². The van der Waals surface area contributed by atoms with Crippen LogP contribution in [0.2, 0.25) is 0 Å². The fraction of sp³-hybridized carbons (Fsp3) is 0.216. The molecule has 0 radical (unpaired) electrons. The van der Waals surface area contributed by atoms with Gasteiger partial charge in [0.1, 0.15) is 17.0 Å². The molecule has 1 aliphatic heterocycles. The number of fused-ring (bicyclic) bond motifs is 4. The Morgan fingerprint density at radius 3 is 2.50 bits per heavy atom. The highest BCUT2D eigenvalue weighted by atomic mass is 16.5. The minimum absolute atomic E-state index is 0.00342. The standard InChI is InChI=1S/C37H28N2O7/c1-18-15-28(41)26-17-25-22(31(33(26)34(18)42)23-12-11-21(40)16-30(23)45-2)13-14-24-32(25)37(44)39(36(24)43)20-9-7-19(8-10-20)35-38-27-5-3-4-6-29(27)46-35/h3-13,15-16,24-25,31-32,40H,14,17H2,1-2H3. The van der Waals surface area contributed by atoms with Crippen LogP contribution in [-0.4, -0.2) is 40.6 Å². The molecule has 1 fully saturated rings. The van der Waals surface area contributed by atoms with Crippen molar-refractivity contribution in [1.29, 1.82) is 0 Å². The van der Waals surface area contributed by atoms with Gasteiger partial charge in [0.25, 0.3) is 0 Å². The van der Waals surface area contributed by atoms with Gasteiger partial charge in [-0.05, 0) is 74.2 Å². The first-order valence-corrected chi connectivity index (χ1v) is 15.2. The first-order chi connectivity index (χ1) is 22.2. The number of carbonyl (C=O) groups excluding carboxylic acids is 4. The number of phenols is 1. The number of hydrogen-bond acceptors (Lipinski definition) is 8. The van der Waals surface area contributed by atoms with Gasteiger partial charge in [0.2, 0.25) is 17.7 Å². The quantitative estimate of drug-likeness (QED) is 0.173. The summed E-state index contributed by atoms with van der Waals surface area (Å²) in [6.45, 7) is 1.62. The molecule has 0 saturated carbocycles. The number of benzene rings is 3. The zero-order valence-corrected chi connectivity index (χ0v) is 25.0. The summed E-state index contributed by atoms with van der Waals surface area (Å²) in [5.41, 5.74) is 5.06. The summed E-state index contributed by atoms with van der Waals surface area (Å²) in [6, 6.07) is 19.1. The third-order valence-corrected chi connectivity index (χ3v) is 9.76. The summed E-state index contributed by atoms with van der Waals surface area (Å²) in [5.74, 6) is -2.78. The zero-order chi connectivity index (χ0) is 31.9. The van der Waals surface area contributed by atoms with Crippen LogP contribution in [0.5, 0.6) is 11.5 Å². The van der Waals surface area contributed by atoms with E-state index in [-0.39, 0.29) is 35.6 Å². The Labute approximate surface area is 263 Å². The third kappa shape index (κ3) is 4.04. The van der Waals surface area contributed by atoms with Crippen LogP contribution >= 0.6 is 0 Å². The monoisotopic (exact) mass is 612 g/mol. The fourth-order valence-corrected chi connectivity index (χ4v) is 7.66. The number of oxazole rings is 1. The predicted molar refractivity (Wildman–Crippen MR) is 168 cm³/mol. The molecule has 1 aromatic heterocycles. The molecule has 4 aliphatic rings. The maximum atomic E-state index is 14.3. The highest BCUT2D eigenvalue weighted by Crippen LogP contribution is 2.56. The molecule has 46 heavy (non-hydrogen) atoms. The van der Waals surface area contributed by atoms with Crippen LogP contribution in [0.25, 0.3) is 22.6 Å². The second-order valence-electron chi connectivity index (χ2n) is 12.2. The number of para-hydroxylation sites is 2. The zero-order valence-electron chi connectivity index (χ0n) is 25.0. The van der Waals surface area contributed by atoms with Crippen molar-refractivity contribution in [2.75, 3.05) is 12.0 Å².